The van der Waals surface area contributed by atoms with Gasteiger partial charge in [0.25, 0.3) is 0 Å². The van der Waals surface area contributed by atoms with Crippen molar-refractivity contribution in [2.24, 2.45) is 7.05 Å². The Hall–Kier alpha value is -2.61. The molecule has 5 nitrogen and oxygen atoms in total. The van der Waals surface area contributed by atoms with Crippen LogP contribution in [0.2, 0.25) is 0 Å². The number of imidazole rings is 1. The molecule has 3 aromatic rings. The van der Waals surface area contributed by atoms with Gasteiger partial charge in [-0.05, 0) is 18.2 Å². The predicted octanol–water partition coefficient (Wildman–Crippen LogP) is 2.10. The monoisotopic (exact) mass is 224 g/mol. The summed E-state index contributed by atoms with van der Waals surface area (Å²) in [5.74, 6) is 0.578. The Bertz CT molecular complexity index is 732. The van der Waals surface area contributed by atoms with E-state index in [4.69, 9.17) is 9.78 Å². The third-order valence-corrected chi connectivity index (χ3v) is 2.63. The fourth-order valence-electron chi connectivity index (χ4n) is 1.75. The third kappa shape index (κ3) is 1.47. The Morgan fingerprint density at radius 1 is 1.35 bits per heavy atom. The lowest BCUT2D eigenvalue weighted by molar-refractivity contribution is 0.430. The SMILES string of the molecule is Cn1cnc2cc(-c3cc(C#N)no3)ccc21. The first-order valence-electron chi connectivity index (χ1n) is 5.06. The summed E-state index contributed by atoms with van der Waals surface area (Å²) in [7, 11) is 1.94. The Balaban J connectivity index is 2.15. The smallest absolute Gasteiger partial charge is 0.184 e. The molecule has 0 spiro atoms. The van der Waals surface area contributed by atoms with Crippen LogP contribution in [0.15, 0.2) is 35.1 Å². The highest BCUT2D eigenvalue weighted by molar-refractivity contribution is 5.80. The maximum atomic E-state index is 8.68. The van der Waals surface area contributed by atoms with Crippen molar-refractivity contribution >= 4 is 11.0 Å². The van der Waals surface area contributed by atoms with Gasteiger partial charge in [0.1, 0.15) is 6.07 Å². The average molecular weight is 224 g/mol. The number of hydrogen-bond donors (Lipinski definition) is 0. The van der Waals surface area contributed by atoms with Crippen molar-refractivity contribution in [3.8, 4) is 17.4 Å². The van der Waals surface area contributed by atoms with E-state index in [1.807, 2.05) is 35.9 Å². The number of fused-ring (bicyclic) bond motifs is 1. The zero-order valence-electron chi connectivity index (χ0n) is 9.08. The molecule has 0 unspecified atom stereocenters. The first-order valence-corrected chi connectivity index (χ1v) is 5.06. The lowest BCUT2D eigenvalue weighted by atomic mass is 10.1. The van der Waals surface area contributed by atoms with Crippen LogP contribution in [0.5, 0.6) is 0 Å². The van der Waals surface area contributed by atoms with E-state index in [2.05, 4.69) is 10.1 Å². The van der Waals surface area contributed by atoms with Gasteiger partial charge in [-0.2, -0.15) is 5.26 Å². The van der Waals surface area contributed by atoms with Gasteiger partial charge in [-0.15, -0.1) is 0 Å². The van der Waals surface area contributed by atoms with Crippen LogP contribution in [-0.2, 0) is 7.05 Å². The molecule has 82 valence electrons. The van der Waals surface area contributed by atoms with Gasteiger partial charge in [0, 0.05) is 18.7 Å². The van der Waals surface area contributed by atoms with E-state index >= 15 is 0 Å². The van der Waals surface area contributed by atoms with E-state index in [1.165, 1.54) is 0 Å². The Kier molecular flexibility index (Phi) is 1.95. The number of aryl methyl sites for hydroxylation is 1. The fourth-order valence-corrected chi connectivity index (χ4v) is 1.75. The molecule has 0 saturated carbocycles. The lowest BCUT2D eigenvalue weighted by Gasteiger charge is -1.96. The molecule has 1 aromatic carbocycles. The van der Waals surface area contributed by atoms with Crippen LogP contribution < -0.4 is 0 Å². The van der Waals surface area contributed by atoms with Crippen molar-refractivity contribution in [1.82, 2.24) is 14.7 Å². The maximum absolute atomic E-state index is 8.68. The molecule has 0 atom stereocenters. The second-order valence-corrected chi connectivity index (χ2v) is 3.75. The molecule has 0 radical (unpaired) electrons. The first-order chi connectivity index (χ1) is 8.28. The molecule has 0 amide bonds. The van der Waals surface area contributed by atoms with Gasteiger partial charge in [0.2, 0.25) is 0 Å². The molecule has 2 aromatic heterocycles. The maximum Gasteiger partial charge on any atom is 0.184 e. The molecule has 3 rings (SSSR count). The minimum atomic E-state index is 0.279. The second-order valence-electron chi connectivity index (χ2n) is 3.75. The van der Waals surface area contributed by atoms with Crippen molar-refractivity contribution in [2.45, 2.75) is 0 Å². The van der Waals surface area contributed by atoms with Crippen molar-refractivity contribution in [3.63, 3.8) is 0 Å². The summed E-state index contributed by atoms with van der Waals surface area (Å²) in [6.45, 7) is 0. The van der Waals surface area contributed by atoms with Gasteiger partial charge in [-0.3, -0.25) is 0 Å². The van der Waals surface area contributed by atoms with Crippen LogP contribution in [0, 0.1) is 11.3 Å². The van der Waals surface area contributed by atoms with Gasteiger partial charge < -0.3 is 9.09 Å². The number of hydrogen-bond acceptors (Lipinski definition) is 4. The summed E-state index contributed by atoms with van der Waals surface area (Å²) >= 11 is 0. The van der Waals surface area contributed by atoms with Crippen LogP contribution in [0.4, 0.5) is 0 Å². The minimum absolute atomic E-state index is 0.279. The Labute approximate surface area is 96.9 Å². The Morgan fingerprint density at radius 2 is 2.24 bits per heavy atom. The van der Waals surface area contributed by atoms with E-state index in [9.17, 15) is 0 Å². The summed E-state index contributed by atoms with van der Waals surface area (Å²) in [4.78, 5) is 4.27. The number of nitrogens with zero attached hydrogens (tertiary/aromatic N) is 4. The fraction of sp³-hybridized carbons (Fsp3) is 0.0833. The molecule has 0 aliphatic rings. The van der Waals surface area contributed by atoms with Crippen LogP contribution in [-0.4, -0.2) is 14.7 Å². The average Bonchev–Trinajstić information content (AvgIpc) is 2.96. The highest BCUT2D eigenvalue weighted by atomic mass is 16.5. The predicted molar refractivity (Wildman–Crippen MR) is 60.9 cm³/mol. The van der Waals surface area contributed by atoms with E-state index in [1.54, 1.807) is 12.4 Å². The molecule has 2 heterocycles. The van der Waals surface area contributed by atoms with Crippen LogP contribution >= 0.6 is 0 Å². The molecule has 0 fully saturated rings. The van der Waals surface area contributed by atoms with Gasteiger partial charge in [0.15, 0.2) is 11.5 Å². The standard InChI is InChI=1S/C12H8N4O/c1-16-7-14-10-4-8(2-3-11(10)16)12-5-9(6-13)15-17-12/h2-5,7H,1H3. The zero-order chi connectivity index (χ0) is 11.8. The van der Waals surface area contributed by atoms with Crippen LogP contribution in [0.1, 0.15) is 5.69 Å². The highest BCUT2D eigenvalue weighted by Crippen LogP contribution is 2.23. The van der Waals surface area contributed by atoms with Crippen molar-refractivity contribution in [3.05, 3.63) is 36.3 Å². The normalized spacial score (nSPS) is 10.6. The first kappa shape index (κ1) is 9.60. The van der Waals surface area contributed by atoms with Crippen LogP contribution in [0.3, 0.4) is 0 Å². The van der Waals surface area contributed by atoms with E-state index in [0.717, 1.165) is 16.6 Å². The van der Waals surface area contributed by atoms with Crippen LogP contribution in [0.25, 0.3) is 22.4 Å². The second kappa shape index (κ2) is 3.46. The molecule has 0 aliphatic carbocycles. The van der Waals surface area contributed by atoms with Gasteiger partial charge in [0.05, 0.1) is 17.4 Å². The minimum Gasteiger partial charge on any atom is -0.355 e. The summed E-state index contributed by atoms with van der Waals surface area (Å²) in [6, 6.07) is 9.35. The summed E-state index contributed by atoms with van der Waals surface area (Å²) in [6.07, 6.45) is 1.76. The summed E-state index contributed by atoms with van der Waals surface area (Å²) in [5, 5.41) is 12.3. The highest BCUT2D eigenvalue weighted by Gasteiger charge is 2.08. The largest absolute Gasteiger partial charge is 0.355 e. The quantitative estimate of drug-likeness (QED) is 0.634. The van der Waals surface area contributed by atoms with E-state index in [-0.39, 0.29) is 5.69 Å². The number of benzene rings is 1. The molecule has 5 heteroatoms. The molecule has 0 bridgehead atoms. The summed E-state index contributed by atoms with van der Waals surface area (Å²) < 4.78 is 7.03. The number of aromatic nitrogens is 3. The molecule has 0 aliphatic heterocycles. The van der Waals surface area contributed by atoms with Crippen molar-refractivity contribution < 1.29 is 4.52 Å². The van der Waals surface area contributed by atoms with Gasteiger partial charge >= 0.3 is 0 Å². The molecule has 0 saturated heterocycles. The zero-order valence-corrected chi connectivity index (χ0v) is 9.08. The number of nitriles is 1. The lowest BCUT2D eigenvalue weighted by Crippen LogP contribution is -1.83. The van der Waals surface area contributed by atoms with E-state index < -0.39 is 0 Å². The Morgan fingerprint density at radius 3 is 3.00 bits per heavy atom. The molecule has 0 N–H and O–H groups in total. The number of rotatable bonds is 1. The summed E-state index contributed by atoms with van der Waals surface area (Å²) in [5.41, 5.74) is 3.08. The topological polar surface area (TPSA) is 67.6 Å². The van der Waals surface area contributed by atoms with Crippen molar-refractivity contribution in [2.75, 3.05) is 0 Å². The van der Waals surface area contributed by atoms with Gasteiger partial charge in [-0.1, -0.05) is 5.16 Å². The molecular formula is C12H8N4O. The van der Waals surface area contributed by atoms with E-state index in [0.29, 0.717) is 5.76 Å². The molecular weight excluding hydrogens is 216 g/mol. The van der Waals surface area contributed by atoms with Gasteiger partial charge in [-0.25, -0.2) is 4.98 Å². The molecule has 17 heavy (non-hydrogen) atoms. The third-order valence-electron chi connectivity index (χ3n) is 2.63. The van der Waals surface area contributed by atoms with Crippen molar-refractivity contribution in [1.29, 1.82) is 5.26 Å².